The van der Waals surface area contributed by atoms with Crippen LogP contribution in [0.2, 0.25) is 0 Å². The molecule has 1 N–H and O–H groups in total. The summed E-state index contributed by atoms with van der Waals surface area (Å²) >= 11 is 1.28. The van der Waals surface area contributed by atoms with Gasteiger partial charge in [0.25, 0.3) is 7.82 Å². The van der Waals surface area contributed by atoms with Gasteiger partial charge in [-0.2, -0.15) is 10.4 Å². The average Bonchev–Trinajstić information content (AvgIpc) is 3.64. The van der Waals surface area contributed by atoms with Crippen LogP contribution in [0.1, 0.15) is 50.3 Å². The van der Waals surface area contributed by atoms with Gasteiger partial charge >= 0.3 is 35.5 Å². The summed E-state index contributed by atoms with van der Waals surface area (Å²) in [6, 6.07) is 8.97. The average molecular weight is 816 g/mol. The maximum atomic E-state index is 15.7. The third-order valence-corrected chi connectivity index (χ3v) is 10.6. The number of nitrogens with zero attached hydrogens (tertiary/aromatic N) is 5. The smallest absolute Gasteiger partial charge is 0.756 e. The molecule has 1 fully saturated rings. The van der Waals surface area contributed by atoms with Gasteiger partial charge in [0, 0.05) is 35.4 Å². The van der Waals surface area contributed by atoms with Crippen LogP contribution in [0.5, 0.6) is 0 Å². The van der Waals surface area contributed by atoms with Gasteiger partial charge in [-0.15, -0.1) is 11.8 Å². The molecule has 0 spiro atoms. The Morgan fingerprint density at radius 1 is 1.20 bits per heavy atom. The van der Waals surface area contributed by atoms with Crippen molar-refractivity contribution < 1.29 is 80.6 Å². The number of carbonyl (C=O) groups is 1. The van der Waals surface area contributed by atoms with Gasteiger partial charge in [0.1, 0.15) is 30.1 Å². The Balaban J connectivity index is 0.00000812. The second-order valence-electron chi connectivity index (χ2n) is 12.3. The molecule has 1 aromatic heterocycles. The predicted octanol–water partition coefficient (Wildman–Crippen LogP) is 2.11. The molecule has 2 unspecified atom stereocenters. The maximum absolute atomic E-state index is 15.7. The van der Waals surface area contributed by atoms with E-state index in [1.165, 1.54) is 53.4 Å². The van der Waals surface area contributed by atoms with E-state index in [4.69, 9.17) is 24.0 Å². The first-order chi connectivity index (χ1) is 25.7. The van der Waals surface area contributed by atoms with Crippen molar-refractivity contribution >= 4 is 31.6 Å². The van der Waals surface area contributed by atoms with Crippen molar-refractivity contribution in [1.82, 2.24) is 19.7 Å². The molecule has 0 radical (unpaired) electrons. The standard InChI is InChI=1S/C36H43F3N5O8PS.Na/c1-4-43(5-2)19-29(52-53(46,47)48)13-15-34(45)51-36(22-44-24-41-23-42-44,31-14-12-28(37)17-33(31)39)25(3)54-30-20-49-35(50-21-30)9-7-6-8-27-11-10-26(18-40)16-32(27)38;/h6-12,14,16-17,23-25,29-30,35H,4-5,13,15,19-22H2,1-3H3,(H2,46,47,48);/q;+1/p-1/t25-,29?,30?,35?,36-;/m1./s1. The number of esters is 1. The van der Waals surface area contributed by atoms with Gasteiger partial charge in [-0.3, -0.25) is 9.36 Å². The molecule has 19 heteroatoms. The normalized spacial score (nSPS) is 19.3. The van der Waals surface area contributed by atoms with E-state index in [1.54, 1.807) is 25.2 Å². The molecule has 2 aromatic carbocycles. The minimum atomic E-state index is -5.15. The monoisotopic (exact) mass is 815 g/mol. The molecular formula is C36H42F3N5NaO8PS. The second kappa shape index (κ2) is 22.2. The van der Waals surface area contributed by atoms with Gasteiger partial charge in [-0.1, -0.05) is 38.1 Å². The van der Waals surface area contributed by atoms with E-state index in [-0.39, 0.29) is 85.1 Å². The van der Waals surface area contributed by atoms with Crippen LogP contribution in [0.4, 0.5) is 13.2 Å². The van der Waals surface area contributed by atoms with Crippen LogP contribution < -0.4 is 34.5 Å². The Bertz CT molecular complexity index is 1840. The van der Waals surface area contributed by atoms with Gasteiger partial charge < -0.3 is 33.4 Å². The van der Waals surface area contributed by atoms with Gasteiger partial charge in [0.15, 0.2) is 11.9 Å². The molecule has 292 valence electrons. The number of aromatic nitrogens is 3. The minimum absolute atomic E-state index is 0. The van der Waals surface area contributed by atoms with Gasteiger partial charge in [0.05, 0.1) is 42.7 Å². The van der Waals surface area contributed by atoms with Gasteiger partial charge in [-0.25, -0.2) is 22.8 Å². The Morgan fingerprint density at radius 3 is 2.53 bits per heavy atom. The number of nitriles is 1. The van der Waals surface area contributed by atoms with Crippen LogP contribution in [-0.2, 0) is 40.2 Å². The zero-order chi connectivity index (χ0) is 39.3. The van der Waals surface area contributed by atoms with Crippen molar-refractivity contribution in [3.8, 4) is 6.07 Å². The number of hydrogen-bond acceptors (Lipinski definition) is 12. The number of thioether (sulfide) groups is 1. The predicted molar refractivity (Wildman–Crippen MR) is 192 cm³/mol. The third-order valence-electron chi connectivity index (χ3n) is 8.59. The topological polar surface area (TPSA) is 172 Å². The van der Waals surface area contributed by atoms with Crippen molar-refractivity contribution in [3.63, 3.8) is 0 Å². The minimum Gasteiger partial charge on any atom is -0.756 e. The fraction of sp³-hybridized carbons (Fsp3) is 0.444. The fourth-order valence-electron chi connectivity index (χ4n) is 5.79. The number of ether oxygens (including phenoxy) is 3. The molecule has 4 rings (SSSR count). The van der Waals surface area contributed by atoms with E-state index in [9.17, 15) is 27.9 Å². The second-order valence-corrected chi connectivity index (χ2v) is 15.1. The molecule has 4 atom stereocenters. The zero-order valence-corrected chi connectivity index (χ0v) is 34.6. The van der Waals surface area contributed by atoms with Gasteiger partial charge in [-0.05, 0) is 56.8 Å². The van der Waals surface area contributed by atoms with Crippen molar-refractivity contribution in [1.29, 1.82) is 5.26 Å². The van der Waals surface area contributed by atoms with Crippen molar-refractivity contribution in [2.45, 2.75) is 68.7 Å². The van der Waals surface area contributed by atoms with Crippen LogP contribution in [-0.4, -0.2) is 86.3 Å². The first-order valence-electron chi connectivity index (χ1n) is 17.1. The van der Waals surface area contributed by atoms with Crippen LogP contribution in [0.3, 0.4) is 0 Å². The van der Waals surface area contributed by atoms with E-state index in [1.807, 2.05) is 24.8 Å². The molecule has 13 nitrogen and oxygen atoms in total. The molecule has 3 aromatic rings. The number of halogens is 3. The number of rotatable bonds is 19. The van der Waals surface area contributed by atoms with Crippen molar-refractivity contribution in [3.05, 3.63) is 101 Å². The van der Waals surface area contributed by atoms with E-state index in [0.29, 0.717) is 24.7 Å². The largest absolute Gasteiger partial charge is 1.00 e. The van der Waals surface area contributed by atoms with Crippen molar-refractivity contribution in [2.24, 2.45) is 0 Å². The summed E-state index contributed by atoms with van der Waals surface area (Å²) in [4.78, 5) is 40.6. The number of carbonyl (C=O) groups excluding carboxylic acids is 1. The molecule has 0 aliphatic carbocycles. The molecule has 1 aliphatic rings. The Labute approximate surface area is 344 Å². The fourth-order valence-corrected chi connectivity index (χ4v) is 7.70. The first-order valence-corrected chi connectivity index (χ1v) is 19.6. The summed E-state index contributed by atoms with van der Waals surface area (Å²) in [7, 11) is -5.15. The van der Waals surface area contributed by atoms with E-state index in [0.717, 1.165) is 12.1 Å². The molecule has 1 saturated heterocycles. The number of phosphoric acid groups is 1. The van der Waals surface area contributed by atoms with Gasteiger partial charge in [0.2, 0.25) is 0 Å². The summed E-state index contributed by atoms with van der Waals surface area (Å²) < 4.78 is 79.9. The Hall–Kier alpha value is -2.85. The molecule has 1 aliphatic heterocycles. The molecular weight excluding hydrogens is 773 g/mol. The number of allylic oxidation sites excluding steroid dienone is 2. The molecule has 55 heavy (non-hydrogen) atoms. The van der Waals surface area contributed by atoms with Crippen LogP contribution in [0.25, 0.3) is 6.08 Å². The SMILES string of the molecule is CCN(CC)CC(CCC(=O)O[C@@](Cn1cncn1)(c1ccc(F)cc1F)[C@@H](C)SC1COC(C=CC=Cc2ccc(C#N)cc2F)OC1)OP(=O)([O-])O.[Na+]. The first kappa shape index (κ1) is 46.5. The summed E-state index contributed by atoms with van der Waals surface area (Å²) in [5, 5.41) is 12.0. The van der Waals surface area contributed by atoms with Crippen molar-refractivity contribution in [2.75, 3.05) is 32.8 Å². The molecule has 0 amide bonds. The summed E-state index contributed by atoms with van der Waals surface area (Å²) in [5.41, 5.74) is -1.43. The van der Waals surface area contributed by atoms with Crippen LogP contribution in [0.15, 0.2) is 67.3 Å². The third kappa shape index (κ3) is 14.2. The Kier molecular flexibility index (Phi) is 18.8. The summed E-state index contributed by atoms with van der Waals surface area (Å²) in [5.74, 6) is -3.19. The molecule has 0 bridgehead atoms. The summed E-state index contributed by atoms with van der Waals surface area (Å²) in [6.45, 7) is 6.77. The number of hydrogen-bond donors (Lipinski definition) is 1. The maximum Gasteiger partial charge on any atom is 1.00 e. The summed E-state index contributed by atoms with van der Waals surface area (Å²) in [6.07, 6.45) is 6.66. The number of benzene rings is 2. The van der Waals surface area contributed by atoms with E-state index >= 15 is 4.39 Å². The van der Waals surface area contributed by atoms with Crippen LogP contribution >= 0.6 is 19.6 Å². The molecule has 2 heterocycles. The van der Waals surface area contributed by atoms with Crippen LogP contribution in [0, 0.1) is 28.8 Å². The van der Waals surface area contributed by atoms with E-state index < -0.39 is 54.5 Å². The number of phosphoric ester groups is 1. The molecule has 0 saturated carbocycles. The zero-order valence-electron chi connectivity index (χ0n) is 30.9. The van der Waals surface area contributed by atoms with E-state index in [2.05, 4.69) is 10.1 Å². The number of likely N-dealkylation sites (N-methyl/N-ethyl adjacent to an activating group) is 1. The Morgan fingerprint density at radius 2 is 1.93 bits per heavy atom. The quantitative estimate of drug-likeness (QED) is 0.0809.